The lowest BCUT2D eigenvalue weighted by atomic mass is 10.1. The number of methoxy groups -OCH3 is 1. The fourth-order valence-electron chi connectivity index (χ4n) is 6.91. The number of likely N-dealkylation sites (tertiary alicyclic amines) is 2. The molecule has 2 aliphatic rings. The first kappa shape index (κ1) is 47.9. The number of aromatic amines is 2. The minimum absolute atomic E-state index is 0.0303. The van der Waals surface area contributed by atoms with E-state index in [0.717, 1.165) is 79.7 Å². The summed E-state index contributed by atoms with van der Waals surface area (Å²) in [5.74, 6) is 0.0800. The number of carbonyl (C=O) groups is 4. The fraction of sp³-hybridized carbons (Fsp3) is 0.333. The zero-order valence-corrected chi connectivity index (χ0v) is 38.3. The van der Waals surface area contributed by atoms with Gasteiger partial charge in [0.2, 0.25) is 17.7 Å². The van der Waals surface area contributed by atoms with E-state index in [-0.39, 0.29) is 30.3 Å². The molecule has 2 fully saturated rings. The van der Waals surface area contributed by atoms with Gasteiger partial charge >= 0.3 is 0 Å². The summed E-state index contributed by atoms with van der Waals surface area (Å²) >= 11 is 3.69. The van der Waals surface area contributed by atoms with Gasteiger partial charge in [-0.1, -0.05) is 80.9 Å². The molecule has 4 aromatic heterocycles. The highest BCUT2D eigenvalue weighted by atomic mass is 32.1. The van der Waals surface area contributed by atoms with E-state index >= 15 is 0 Å². The average molecular weight is 891 g/mol. The third-order valence-corrected chi connectivity index (χ3v) is 12.4. The van der Waals surface area contributed by atoms with Gasteiger partial charge in [-0.05, 0) is 79.3 Å². The second kappa shape index (κ2) is 25.1. The van der Waals surface area contributed by atoms with Crippen molar-refractivity contribution in [3.8, 4) is 32.1 Å². The van der Waals surface area contributed by atoms with E-state index in [0.29, 0.717) is 6.47 Å². The average Bonchev–Trinajstić information content (AvgIpc) is 4.17. The van der Waals surface area contributed by atoms with Gasteiger partial charge in [0.15, 0.2) is 0 Å². The number of imidazole rings is 2. The standard InChI is InChI=1S/C22H14N4S2.C13H18N2O.C8H14N2O2.C3H8.C2H4O2/c1-3-14(4-2-13(1)18-10-23-11-24-18)19-8-21-22(27-19)9-20(28-21)15-5-6-16-17(7-15)26-12-25-16;1-14-12(11-7-3-2-4-8-11)13(16)15-9-5-6-10-15;1-7(11)9-6-8(12)10-4-2-3-5-10;1-3-2;1-4-2-3/h1-12H,(H,23,24)(H,25,26);2-4,7-8,12,14H,5-6,9-10H2,1H3;2-6H2,1H3,(H,9,11);3H2,1-2H3;2H,1H3. The normalized spacial score (nSPS) is 13.3. The number of nitrogens with zero attached hydrogens (tertiary/aromatic N) is 4. The van der Waals surface area contributed by atoms with Crippen molar-refractivity contribution in [1.29, 1.82) is 0 Å². The lowest BCUT2D eigenvalue weighted by Crippen LogP contribution is -2.38. The highest BCUT2D eigenvalue weighted by Crippen LogP contribution is 2.42. The summed E-state index contributed by atoms with van der Waals surface area (Å²) in [5, 5.41) is 5.60. The molecule has 0 bridgehead atoms. The van der Waals surface area contributed by atoms with Crippen molar-refractivity contribution in [2.24, 2.45) is 0 Å². The van der Waals surface area contributed by atoms with Crippen LogP contribution in [-0.2, 0) is 23.9 Å². The summed E-state index contributed by atoms with van der Waals surface area (Å²) in [6.07, 6.45) is 11.0. The molecule has 1 atom stereocenters. The number of ether oxygens (including phenoxy) is 1. The maximum Gasteiger partial charge on any atom is 0.292 e. The fourth-order valence-corrected chi connectivity index (χ4v) is 9.31. The molecule has 3 amide bonds. The molecular weight excluding hydrogens is 833 g/mol. The summed E-state index contributed by atoms with van der Waals surface area (Å²) in [6, 6.07) is 29.3. The molecule has 7 aromatic rings. The van der Waals surface area contributed by atoms with Gasteiger partial charge in [-0.3, -0.25) is 19.2 Å². The molecule has 2 aliphatic heterocycles. The maximum absolute atomic E-state index is 12.2. The van der Waals surface area contributed by atoms with Gasteiger partial charge in [0.25, 0.3) is 6.47 Å². The predicted octanol–water partition coefficient (Wildman–Crippen LogP) is 9.08. The molecule has 332 valence electrons. The molecule has 0 radical (unpaired) electrons. The predicted molar refractivity (Wildman–Crippen MR) is 255 cm³/mol. The largest absolute Gasteiger partial charge is 0.471 e. The van der Waals surface area contributed by atoms with E-state index in [4.69, 9.17) is 4.79 Å². The zero-order chi connectivity index (χ0) is 45.0. The molecule has 4 N–H and O–H groups in total. The van der Waals surface area contributed by atoms with Gasteiger partial charge in [-0.2, -0.15) is 0 Å². The number of amides is 3. The van der Waals surface area contributed by atoms with Crippen LogP contribution in [0, 0.1) is 0 Å². The minimum Gasteiger partial charge on any atom is -0.471 e. The first-order valence-electron chi connectivity index (χ1n) is 21.2. The van der Waals surface area contributed by atoms with Gasteiger partial charge in [0.05, 0.1) is 49.2 Å². The van der Waals surface area contributed by atoms with Crippen LogP contribution in [0.15, 0.2) is 104 Å². The number of nitrogens with one attached hydrogen (secondary N) is 4. The van der Waals surface area contributed by atoms with E-state index in [1.54, 1.807) is 17.6 Å². The summed E-state index contributed by atoms with van der Waals surface area (Å²) in [6.45, 7) is 9.69. The van der Waals surface area contributed by atoms with E-state index in [9.17, 15) is 14.4 Å². The summed E-state index contributed by atoms with van der Waals surface area (Å²) in [7, 11) is 3.15. The SMILES string of the molecule is CC(=O)NCC(=O)N1CCCC1.CCC.CNC(C(=O)N1CCCC1)c1ccccc1.COC=O.c1ncc(-c2ccc(-c3cc4sc(-c5ccc6nc[nH]c6c5)cc4s3)cc2)[nH]1. The number of rotatable bonds is 9. The third kappa shape index (κ3) is 13.9. The number of thiophene rings is 2. The molecule has 3 aromatic carbocycles. The Balaban J connectivity index is 0.000000181. The van der Waals surface area contributed by atoms with Crippen molar-refractivity contribution in [2.45, 2.75) is 58.9 Å². The molecule has 0 saturated carbocycles. The number of hydrogen-bond acceptors (Lipinski definition) is 10. The highest BCUT2D eigenvalue weighted by molar-refractivity contribution is 7.31. The maximum atomic E-state index is 12.2. The molecule has 9 rings (SSSR count). The van der Waals surface area contributed by atoms with Gasteiger partial charge < -0.3 is 35.1 Å². The van der Waals surface area contributed by atoms with Gasteiger partial charge in [-0.15, -0.1) is 22.7 Å². The molecule has 13 nitrogen and oxygen atoms in total. The second-order valence-corrected chi connectivity index (χ2v) is 17.0. The molecule has 15 heteroatoms. The second-order valence-electron chi connectivity index (χ2n) is 14.8. The van der Waals surface area contributed by atoms with Crippen molar-refractivity contribution in [2.75, 3.05) is 46.9 Å². The van der Waals surface area contributed by atoms with Crippen LogP contribution in [0.5, 0.6) is 0 Å². The monoisotopic (exact) mass is 890 g/mol. The van der Waals surface area contributed by atoms with Gasteiger partial charge in [0.1, 0.15) is 6.04 Å². The zero-order valence-electron chi connectivity index (χ0n) is 36.7. The number of aromatic nitrogens is 4. The van der Waals surface area contributed by atoms with Crippen molar-refractivity contribution >= 4 is 67.3 Å². The van der Waals surface area contributed by atoms with E-state index in [2.05, 4.69) is 104 Å². The summed E-state index contributed by atoms with van der Waals surface area (Å²) < 4.78 is 6.52. The first-order valence-corrected chi connectivity index (χ1v) is 22.9. The molecule has 0 aliphatic carbocycles. The minimum atomic E-state index is -0.195. The van der Waals surface area contributed by atoms with Crippen LogP contribution in [0.1, 0.15) is 64.5 Å². The number of benzene rings is 3. The first-order chi connectivity index (χ1) is 30.7. The Labute approximate surface area is 377 Å². The van der Waals surface area contributed by atoms with Crippen molar-refractivity contribution in [1.82, 2.24) is 40.4 Å². The Hall–Kier alpha value is -6.16. The third-order valence-electron chi connectivity index (χ3n) is 10.0. The highest BCUT2D eigenvalue weighted by Gasteiger charge is 2.26. The number of fused-ring (bicyclic) bond motifs is 2. The Kier molecular flexibility index (Phi) is 19.1. The topological polar surface area (TPSA) is 165 Å². The van der Waals surface area contributed by atoms with Crippen LogP contribution < -0.4 is 10.6 Å². The van der Waals surface area contributed by atoms with E-state index in [1.807, 2.05) is 71.1 Å². The molecule has 2 saturated heterocycles. The van der Waals surface area contributed by atoms with Crippen LogP contribution >= 0.6 is 22.7 Å². The molecule has 6 heterocycles. The molecule has 63 heavy (non-hydrogen) atoms. The Morgan fingerprint density at radius 1 is 0.794 bits per heavy atom. The van der Waals surface area contributed by atoms with Crippen molar-refractivity contribution in [3.63, 3.8) is 0 Å². The number of H-pyrrole nitrogens is 2. The van der Waals surface area contributed by atoms with Crippen LogP contribution in [0.4, 0.5) is 0 Å². The van der Waals surface area contributed by atoms with Crippen LogP contribution in [0.3, 0.4) is 0 Å². The van der Waals surface area contributed by atoms with Crippen LogP contribution in [0.2, 0.25) is 0 Å². The quantitative estimate of drug-likeness (QED) is 0.104. The lowest BCUT2D eigenvalue weighted by molar-refractivity contribution is -0.132. The lowest BCUT2D eigenvalue weighted by Gasteiger charge is -2.23. The molecule has 1 unspecified atom stereocenters. The summed E-state index contributed by atoms with van der Waals surface area (Å²) in [4.78, 5) is 64.0. The Morgan fingerprint density at radius 2 is 1.37 bits per heavy atom. The molecule has 0 spiro atoms. The van der Waals surface area contributed by atoms with Crippen molar-refractivity contribution in [3.05, 3.63) is 109 Å². The number of carbonyl (C=O) groups excluding carboxylic acids is 4. The molecular formula is C48H58N8O5S2. The Bertz CT molecular complexity index is 2420. The van der Waals surface area contributed by atoms with Gasteiger partial charge in [-0.25, -0.2) is 9.97 Å². The van der Waals surface area contributed by atoms with Crippen LogP contribution in [-0.4, -0.2) is 101 Å². The number of hydrogen-bond donors (Lipinski definition) is 4. The Morgan fingerprint density at radius 3 is 1.92 bits per heavy atom. The summed E-state index contributed by atoms with van der Waals surface area (Å²) in [5.41, 5.74) is 7.79. The van der Waals surface area contributed by atoms with E-state index in [1.165, 1.54) is 50.7 Å². The van der Waals surface area contributed by atoms with E-state index < -0.39 is 0 Å². The number of likely N-dealkylation sites (N-methyl/N-ethyl adjacent to an activating group) is 1. The smallest absolute Gasteiger partial charge is 0.292 e. The van der Waals surface area contributed by atoms with Crippen LogP contribution in [0.25, 0.3) is 52.6 Å². The van der Waals surface area contributed by atoms with Gasteiger partial charge in [0, 0.05) is 52.3 Å². The van der Waals surface area contributed by atoms with Crippen molar-refractivity contribution < 1.29 is 23.9 Å².